The molecule has 0 radical (unpaired) electrons. The molecule has 2 bridgehead atoms. The third kappa shape index (κ3) is 4.13. The van der Waals surface area contributed by atoms with E-state index in [9.17, 15) is 19.2 Å². The molecule has 0 N–H and O–H groups in total. The number of fused-ring (bicyclic) bond motifs is 1. The highest BCUT2D eigenvalue weighted by atomic mass is 16.6. The number of rotatable bonds is 6. The molecule has 216 valence electrons. The predicted octanol–water partition coefficient (Wildman–Crippen LogP) is 4.10. The monoisotopic (exact) mass is 558 g/mol. The van der Waals surface area contributed by atoms with Gasteiger partial charge in [0.1, 0.15) is 36.4 Å². The van der Waals surface area contributed by atoms with Crippen LogP contribution in [0.2, 0.25) is 0 Å². The van der Waals surface area contributed by atoms with Crippen molar-refractivity contribution in [1.29, 1.82) is 0 Å². The van der Waals surface area contributed by atoms with E-state index in [1.54, 1.807) is 6.92 Å². The summed E-state index contributed by atoms with van der Waals surface area (Å²) in [6, 6.07) is 2.95. The number of carbonyl (C=O) groups excluding carboxylic acids is 4. The van der Waals surface area contributed by atoms with Crippen molar-refractivity contribution in [2.24, 2.45) is 17.3 Å². The van der Waals surface area contributed by atoms with Gasteiger partial charge in [-0.25, -0.2) is 9.59 Å². The van der Waals surface area contributed by atoms with Crippen molar-refractivity contribution in [2.75, 3.05) is 0 Å². The molecular weight excluding hydrogens is 524 g/mol. The molecule has 8 atom stereocenters. The summed E-state index contributed by atoms with van der Waals surface area (Å²) in [6.45, 7) is 9.96. The molecule has 0 amide bonds. The fourth-order valence-corrected chi connectivity index (χ4v) is 7.38. The zero-order valence-corrected chi connectivity index (χ0v) is 23.3. The van der Waals surface area contributed by atoms with E-state index in [0.29, 0.717) is 12.8 Å². The molecule has 40 heavy (non-hydrogen) atoms. The van der Waals surface area contributed by atoms with Gasteiger partial charge < -0.3 is 32.5 Å². The molecule has 3 fully saturated rings. The molecule has 8 unspecified atom stereocenters. The molecule has 1 aliphatic heterocycles. The zero-order valence-electron chi connectivity index (χ0n) is 23.3. The van der Waals surface area contributed by atoms with Gasteiger partial charge in [0.15, 0.2) is 6.10 Å². The minimum absolute atomic E-state index is 0.160. The fourth-order valence-electron chi connectivity index (χ4n) is 7.38. The Labute approximate surface area is 231 Å². The van der Waals surface area contributed by atoms with E-state index in [0.717, 1.165) is 0 Å². The van der Waals surface area contributed by atoms with Gasteiger partial charge in [-0.2, -0.15) is 0 Å². The molecule has 2 saturated carbocycles. The van der Waals surface area contributed by atoms with E-state index in [2.05, 4.69) is 0 Å². The molecule has 5 rings (SSSR count). The third-order valence-electron chi connectivity index (χ3n) is 8.92. The van der Waals surface area contributed by atoms with Crippen LogP contribution in [0.25, 0.3) is 0 Å². The first-order chi connectivity index (χ1) is 18.8. The lowest BCUT2D eigenvalue weighted by atomic mass is 9.48. The second kappa shape index (κ2) is 9.79. The number of hydrogen-bond acceptors (Lipinski definition) is 11. The van der Waals surface area contributed by atoms with E-state index < -0.39 is 70.8 Å². The van der Waals surface area contributed by atoms with Gasteiger partial charge in [-0.15, -0.1) is 0 Å². The summed E-state index contributed by atoms with van der Waals surface area (Å²) in [7, 11) is 0. The number of ether oxygens (including phenoxy) is 5. The maximum atomic E-state index is 13.4. The molecule has 11 nitrogen and oxygen atoms in total. The Morgan fingerprint density at radius 3 is 1.85 bits per heavy atom. The Kier molecular flexibility index (Phi) is 6.84. The van der Waals surface area contributed by atoms with E-state index in [4.69, 9.17) is 32.5 Å². The molecule has 2 aromatic heterocycles. The molecule has 2 aromatic rings. The Balaban J connectivity index is 1.72. The van der Waals surface area contributed by atoms with Crippen LogP contribution < -0.4 is 0 Å². The Morgan fingerprint density at radius 2 is 1.35 bits per heavy atom. The maximum Gasteiger partial charge on any atom is 0.341 e. The Hall–Kier alpha value is -3.60. The van der Waals surface area contributed by atoms with Gasteiger partial charge >= 0.3 is 23.9 Å². The summed E-state index contributed by atoms with van der Waals surface area (Å²) < 4.78 is 41.3. The normalized spacial score (nSPS) is 35.8. The highest BCUT2D eigenvalue weighted by Crippen LogP contribution is 2.68. The fraction of sp³-hybridized carbons (Fsp3) is 0.586. The van der Waals surface area contributed by atoms with Crippen molar-refractivity contribution in [2.45, 2.75) is 90.0 Å². The van der Waals surface area contributed by atoms with Gasteiger partial charge in [-0.3, -0.25) is 9.59 Å². The number of furan rings is 2. The van der Waals surface area contributed by atoms with E-state index in [1.807, 2.05) is 20.8 Å². The summed E-state index contributed by atoms with van der Waals surface area (Å²) in [5, 5.41) is 0. The van der Waals surface area contributed by atoms with Gasteiger partial charge in [0.25, 0.3) is 0 Å². The second-order valence-electron chi connectivity index (χ2n) is 11.6. The summed E-state index contributed by atoms with van der Waals surface area (Å²) in [5.41, 5.74) is -3.27. The first-order valence-corrected chi connectivity index (χ1v) is 13.3. The summed E-state index contributed by atoms with van der Waals surface area (Å²) in [4.78, 5) is 51.6. The van der Waals surface area contributed by atoms with Crippen molar-refractivity contribution in [3.8, 4) is 0 Å². The van der Waals surface area contributed by atoms with Crippen LogP contribution in [0.4, 0.5) is 0 Å². The van der Waals surface area contributed by atoms with Crippen molar-refractivity contribution < 1.29 is 51.7 Å². The number of esters is 4. The lowest BCUT2D eigenvalue weighted by Gasteiger charge is -2.62. The molecule has 3 heterocycles. The van der Waals surface area contributed by atoms with Gasteiger partial charge in [-0.05, 0) is 51.7 Å². The van der Waals surface area contributed by atoms with Crippen molar-refractivity contribution in [3.05, 3.63) is 48.3 Å². The average Bonchev–Trinajstić information content (AvgIpc) is 3.62. The van der Waals surface area contributed by atoms with E-state index in [-0.39, 0.29) is 17.0 Å². The first kappa shape index (κ1) is 27.9. The van der Waals surface area contributed by atoms with Gasteiger partial charge in [0, 0.05) is 13.8 Å². The average molecular weight is 559 g/mol. The summed E-state index contributed by atoms with van der Waals surface area (Å²) >= 11 is 0. The van der Waals surface area contributed by atoms with E-state index >= 15 is 0 Å². The van der Waals surface area contributed by atoms with Crippen LogP contribution >= 0.6 is 0 Å². The standard InChI is InChI=1S/C29H34O11/c1-15-7-8-20(36-16(2)30)28(6)24(39-26(33)19-10-12-35-14-19)22(37-17(3)31)21-23(29(15,28)40-27(21,4)5)38-25(32)18-9-11-34-13-18/h9-15,20-24H,7-8H2,1-6H3. The molecule has 3 aliphatic rings. The van der Waals surface area contributed by atoms with Crippen LogP contribution in [-0.2, 0) is 33.3 Å². The molecule has 1 saturated heterocycles. The number of hydrogen-bond donors (Lipinski definition) is 0. The van der Waals surface area contributed by atoms with Crippen molar-refractivity contribution in [1.82, 2.24) is 0 Å². The zero-order chi connectivity index (χ0) is 29.0. The quantitative estimate of drug-likeness (QED) is 0.374. The van der Waals surface area contributed by atoms with Crippen LogP contribution in [-0.4, -0.2) is 59.5 Å². The first-order valence-electron chi connectivity index (χ1n) is 13.3. The summed E-state index contributed by atoms with van der Waals surface area (Å²) in [5.74, 6) is -3.51. The van der Waals surface area contributed by atoms with Crippen molar-refractivity contribution >= 4 is 23.9 Å². The molecule has 1 spiro atoms. The Bertz CT molecular complexity index is 1280. The highest BCUT2D eigenvalue weighted by molar-refractivity contribution is 5.89. The van der Waals surface area contributed by atoms with Crippen LogP contribution in [0.1, 0.15) is 75.1 Å². The molecular formula is C29H34O11. The van der Waals surface area contributed by atoms with Crippen LogP contribution in [0.15, 0.2) is 46.0 Å². The van der Waals surface area contributed by atoms with Crippen molar-refractivity contribution in [3.63, 3.8) is 0 Å². The SMILES string of the molecule is CC(=O)OC1C2C(OC(=O)c3ccoc3)C3(OC2(C)C)C(C)CCC(OC(C)=O)C3(C)C1OC(=O)c1ccoc1. The second-order valence-corrected chi connectivity index (χ2v) is 11.6. The van der Waals surface area contributed by atoms with Crippen LogP contribution in [0, 0.1) is 17.3 Å². The molecule has 0 aromatic carbocycles. The van der Waals surface area contributed by atoms with Crippen LogP contribution in [0.5, 0.6) is 0 Å². The largest absolute Gasteiger partial charge is 0.472 e. The van der Waals surface area contributed by atoms with Gasteiger partial charge in [-0.1, -0.05) is 6.92 Å². The highest BCUT2D eigenvalue weighted by Gasteiger charge is 2.82. The molecule has 11 heteroatoms. The maximum absolute atomic E-state index is 13.4. The lowest BCUT2D eigenvalue weighted by molar-refractivity contribution is -0.296. The third-order valence-corrected chi connectivity index (χ3v) is 8.92. The van der Waals surface area contributed by atoms with Gasteiger partial charge in [0.2, 0.25) is 0 Å². The van der Waals surface area contributed by atoms with E-state index in [1.165, 1.54) is 51.0 Å². The van der Waals surface area contributed by atoms with Crippen LogP contribution in [0.3, 0.4) is 0 Å². The minimum atomic E-state index is -1.32. The summed E-state index contributed by atoms with van der Waals surface area (Å²) in [6.07, 6.45) is 2.18. The minimum Gasteiger partial charge on any atom is -0.472 e. The predicted molar refractivity (Wildman–Crippen MR) is 135 cm³/mol. The Morgan fingerprint density at radius 1 is 0.800 bits per heavy atom. The smallest absolute Gasteiger partial charge is 0.341 e. The molecule has 2 aliphatic carbocycles. The number of carbonyl (C=O) groups is 4. The van der Waals surface area contributed by atoms with Gasteiger partial charge in [0.05, 0.1) is 40.6 Å². The topological polar surface area (TPSA) is 141 Å². The lowest BCUT2D eigenvalue weighted by Crippen LogP contribution is -2.76.